The van der Waals surface area contributed by atoms with Crippen LogP contribution in [-0.2, 0) is 0 Å². The molecule has 4 nitrogen and oxygen atoms in total. The molecule has 0 atom stereocenters. The van der Waals surface area contributed by atoms with Crippen molar-refractivity contribution in [1.29, 1.82) is 0 Å². The number of anilines is 1. The molecule has 3 heterocycles. The SMILES string of the molecule is FC1(F)CCN(c2ccc3ncnn3c2)C1. The molecule has 0 bridgehead atoms. The predicted molar refractivity (Wildman–Crippen MR) is 54.8 cm³/mol. The third-order valence-electron chi connectivity index (χ3n) is 2.79. The molecule has 6 heteroatoms. The van der Waals surface area contributed by atoms with E-state index in [0.717, 1.165) is 11.3 Å². The molecule has 1 aliphatic heterocycles. The third kappa shape index (κ3) is 1.50. The van der Waals surface area contributed by atoms with Gasteiger partial charge in [0.05, 0.1) is 18.4 Å². The topological polar surface area (TPSA) is 33.4 Å². The Morgan fingerprint density at radius 1 is 1.31 bits per heavy atom. The van der Waals surface area contributed by atoms with Crippen LogP contribution >= 0.6 is 0 Å². The largest absolute Gasteiger partial charge is 0.364 e. The summed E-state index contributed by atoms with van der Waals surface area (Å²) >= 11 is 0. The van der Waals surface area contributed by atoms with E-state index < -0.39 is 5.92 Å². The van der Waals surface area contributed by atoms with Gasteiger partial charge in [-0.25, -0.2) is 18.3 Å². The summed E-state index contributed by atoms with van der Waals surface area (Å²) in [5, 5.41) is 3.98. The van der Waals surface area contributed by atoms with Gasteiger partial charge in [0.2, 0.25) is 0 Å². The van der Waals surface area contributed by atoms with Crippen molar-refractivity contribution < 1.29 is 8.78 Å². The lowest BCUT2D eigenvalue weighted by atomic mass is 10.3. The summed E-state index contributed by atoms with van der Waals surface area (Å²) in [5.41, 5.74) is 1.48. The monoisotopic (exact) mass is 224 g/mol. The molecule has 2 aromatic heterocycles. The molecule has 16 heavy (non-hydrogen) atoms. The first-order valence-corrected chi connectivity index (χ1v) is 5.06. The second kappa shape index (κ2) is 3.13. The van der Waals surface area contributed by atoms with Gasteiger partial charge in [-0.15, -0.1) is 0 Å². The molecule has 0 unspecified atom stereocenters. The second-order valence-electron chi connectivity index (χ2n) is 3.98. The van der Waals surface area contributed by atoms with Crippen LogP contribution in [0.5, 0.6) is 0 Å². The molecular formula is C10H10F2N4. The van der Waals surface area contributed by atoms with Gasteiger partial charge >= 0.3 is 0 Å². The Labute approximate surface area is 90.5 Å². The van der Waals surface area contributed by atoms with Gasteiger partial charge in [0, 0.05) is 13.0 Å². The van der Waals surface area contributed by atoms with Crippen molar-refractivity contribution in [2.45, 2.75) is 12.3 Å². The standard InChI is InChI=1S/C10H10F2N4/c11-10(12)3-4-15(6-10)8-1-2-9-13-7-14-16(9)5-8/h1-2,5,7H,3-4,6H2. The second-order valence-corrected chi connectivity index (χ2v) is 3.98. The number of rotatable bonds is 1. The van der Waals surface area contributed by atoms with E-state index in [4.69, 9.17) is 0 Å². The summed E-state index contributed by atoms with van der Waals surface area (Å²) in [4.78, 5) is 5.67. The maximum Gasteiger partial charge on any atom is 0.266 e. The van der Waals surface area contributed by atoms with E-state index in [0.29, 0.717) is 6.54 Å². The zero-order valence-corrected chi connectivity index (χ0v) is 8.48. The Bertz CT molecular complexity index is 522. The molecule has 0 aliphatic carbocycles. The number of pyridine rings is 1. The minimum atomic E-state index is -2.57. The number of fused-ring (bicyclic) bond motifs is 1. The zero-order chi connectivity index (χ0) is 11.2. The first-order chi connectivity index (χ1) is 7.64. The maximum atomic E-state index is 13.1. The van der Waals surface area contributed by atoms with Crippen LogP contribution in [0.4, 0.5) is 14.5 Å². The summed E-state index contributed by atoms with van der Waals surface area (Å²) in [7, 11) is 0. The predicted octanol–water partition coefficient (Wildman–Crippen LogP) is 1.57. The van der Waals surface area contributed by atoms with Crippen molar-refractivity contribution in [3.8, 4) is 0 Å². The van der Waals surface area contributed by atoms with Crippen molar-refractivity contribution in [3.63, 3.8) is 0 Å². The van der Waals surface area contributed by atoms with Crippen molar-refractivity contribution in [2.24, 2.45) is 0 Å². The Kier molecular flexibility index (Phi) is 1.86. The fourth-order valence-corrected chi connectivity index (χ4v) is 1.95. The summed E-state index contributed by atoms with van der Waals surface area (Å²) < 4.78 is 27.7. The Morgan fingerprint density at radius 3 is 2.94 bits per heavy atom. The van der Waals surface area contributed by atoms with E-state index in [-0.39, 0.29) is 13.0 Å². The van der Waals surface area contributed by atoms with Crippen LogP contribution < -0.4 is 4.90 Å². The lowest BCUT2D eigenvalue weighted by Crippen LogP contribution is -2.25. The van der Waals surface area contributed by atoms with E-state index in [9.17, 15) is 8.78 Å². The Balaban J connectivity index is 1.94. The van der Waals surface area contributed by atoms with Crippen molar-refractivity contribution in [3.05, 3.63) is 24.7 Å². The van der Waals surface area contributed by atoms with Crippen LogP contribution in [0.1, 0.15) is 6.42 Å². The molecule has 0 amide bonds. The van der Waals surface area contributed by atoms with Crippen molar-refractivity contribution in [1.82, 2.24) is 14.6 Å². The molecular weight excluding hydrogens is 214 g/mol. The number of hydrogen-bond donors (Lipinski definition) is 0. The fourth-order valence-electron chi connectivity index (χ4n) is 1.95. The average molecular weight is 224 g/mol. The first kappa shape index (κ1) is 9.50. The highest BCUT2D eigenvalue weighted by Crippen LogP contribution is 2.30. The molecule has 0 radical (unpaired) electrons. The summed E-state index contributed by atoms with van der Waals surface area (Å²) in [5.74, 6) is -2.57. The molecule has 84 valence electrons. The normalized spacial score (nSPS) is 19.5. The quantitative estimate of drug-likeness (QED) is 0.737. The average Bonchev–Trinajstić information content (AvgIpc) is 2.82. The fraction of sp³-hybridized carbons (Fsp3) is 0.400. The molecule has 0 aromatic carbocycles. The summed E-state index contributed by atoms with van der Waals surface area (Å²) in [6.45, 7) is 0.167. The molecule has 2 aromatic rings. The molecule has 3 rings (SSSR count). The molecule has 1 aliphatic rings. The van der Waals surface area contributed by atoms with Gasteiger partial charge in [-0.1, -0.05) is 0 Å². The van der Waals surface area contributed by atoms with E-state index in [2.05, 4.69) is 10.1 Å². The van der Waals surface area contributed by atoms with Crippen molar-refractivity contribution in [2.75, 3.05) is 18.0 Å². The van der Waals surface area contributed by atoms with Gasteiger partial charge in [0.15, 0.2) is 5.65 Å². The molecule has 0 saturated carbocycles. The zero-order valence-electron chi connectivity index (χ0n) is 8.48. The van der Waals surface area contributed by atoms with E-state index >= 15 is 0 Å². The van der Waals surface area contributed by atoms with Crippen LogP contribution in [0.3, 0.4) is 0 Å². The van der Waals surface area contributed by atoms with Crippen molar-refractivity contribution >= 4 is 11.3 Å². The minimum absolute atomic E-state index is 0.0810. The van der Waals surface area contributed by atoms with Gasteiger partial charge in [0.1, 0.15) is 6.33 Å². The van der Waals surface area contributed by atoms with E-state index in [1.54, 1.807) is 27.7 Å². The lowest BCUT2D eigenvalue weighted by Gasteiger charge is -2.17. The lowest BCUT2D eigenvalue weighted by molar-refractivity contribution is 0.0257. The molecule has 1 fully saturated rings. The van der Waals surface area contributed by atoms with Crippen LogP contribution in [0.2, 0.25) is 0 Å². The molecule has 0 N–H and O–H groups in total. The number of alkyl halides is 2. The van der Waals surface area contributed by atoms with Gasteiger partial charge in [0.25, 0.3) is 5.92 Å². The van der Waals surface area contributed by atoms with Crippen LogP contribution in [0.25, 0.3) is 5.65 Å². The summed E-state index contributed by atoms with van der Waals surface area (Å²) in [6, 6.07) is 3.57. The van der Waals surface area contributed by atoms with Gasteiger partial charge in [-0.05, 0) is 12.1 Å². The highest BCUT2D eigenvalue weighted by molar-refractivity contribution is 5.51. The third-order valence-corrected chi connectivity index (χ3v) is 2.79. The highest BCUT2D eigenvalue weighted by atomic mass is 19.3. The Hall–Kier alpha value is -1.72. The van der Waals surface area contributed by atoms with Gasteiger partial charge in [-0.2, -0.15) is 5.10 Å². The van der Waals surface area contributed by atoms with Gasteiger partial charge in [-0.3, -0.25) is 0 Å². The summed E-state index contributed by atoms with van der Waals surface area (Å²) in [6.07, 6.45) is 3.09. The number of halogens is 2. The van der Waals surface area contributed by atoms with E-state index in [1.807, 2.05) is 0 Å². The maximum absolute atomic E-state index is 13.1. The van der Waals surface area contributed by atoms with E-state index in [1.165, 1.54) is 6.33 Å². The minimum Gasteiger partial charge on any atom is -0.364 e. The van der Waals surface area contributed by atoms with Crippen LogP contribution in [0.15, 0.2) is 24.7 Å². The van der Waals surface area contributed by atoms with Crippen LogP contribution in [-0.4, -0.2) is 33.6 Å². The smallest absolute Gasteiger partial charge is 0.266 e. The molecule has 0 spiro atoms. The van der Waals surface area contributed by atoms with Crippen LogP contribution in [0, 0.1) is 0 Å². The number of aromatic nitrogens is 3. The Morgan fingerprint density at radius 2 is 2.19 bits per heavy atom. The highest BCUT2D eigenvalue weighted by Gasteiger charge is 2.38. The molecule has 1 saturated heterocycles. The number of hydrogen-bond acceptors (Lipinski definition) is 3. The first-order valence-electron chi connectivity index (χ1n) is 5.06. The number of nitrogens with zero attached hydrogens (tertiary/aromatic N) is 4. The van der Waals surface area contributed by atoms with Gasteiger partial charge < -0.3 is 4.90 Å².